The second-order valence-corrected chi connectivity index (χ2v) is 4.46. The van der Waals surface area contributed by atoms with Crippen molar-refractivity contribution in [1.29, 1.82) is 0 Å². The Hall–Kier alpha value is -2.96. The first kappa shape index (κ1) is 13.0. The summed E-state index contributed by atoms with van der Waals surface area (Å²) in [6.45, 7) is 3.65. The zero-order valence-corrected chi connectivity index (χ0v) is 10.8. The topological polar surface area (TPSA) is 76.6 Å². The molecule has 0 spiro atoms. The van der Waals surface area contributed by atoms with Gasteiger partial charge in [0.05, 0.1) is 17.1 Å². The van der Waals surface area contributed by atoms with Crippen molar-refractivity contribution >= 4 is 22.5 Å². The van der Waals surface area contributed by atoms with Crippen molar-refractivity contribution < 1.29 is 14.3 Å². The summed E-state index contributed by atoms with van der Waals surface area (Å²) in [5.41, 5.74) is -0.0872. The van der Waals surface area contributed by atoms with Crippen LogP contribution >= 0.6 is 0 Å². The van der Waals surface area contributed by atoms with E-state index in [1.165, 1.54) is 33.5 Å². The molecule has 0 fully saturated rings. The lowest BCUT2D eigenvalue weighted by molar-refractivity contribution is 0.0698. The van der Waals surface area contributed by atoms with Gasteiger partial charge >= 0.3 is 5.97 Å². The van der Waals surface area contributed by atoms with Gasteiger partial charge < -0.3 is 5.11 Å². The zero-order chi connectivity index (χ0) is 15.1. The highest BCUT2D eigenvalue weighted by Crippen LogP contribution is 2.17. The molecule has 106 valence electrons. The van der Waals surface area contributed by atoms with E-state index in [0.29, 0.717) is 5.52 Å². The highest BCUT2D eigenvalue weighted by Gasteiger charge is 2.19. The van der Waals surface area contributed by atoms with E-state index < -0.39 is 17.3 Å². The fourth-order valence-electron chi connectivity index (χ4n) is 2.33. The number of aromatic nitrogens is 3. The molecular formula is C14H10FN3O3. The minimum Gasteiger partial charge on any atom is -0.477 e. The molecule has 1 aromatic carbocycles. The molecule has 0 unspecified atom stereocenters. The normalized spacial score (nSPS) is 11.1. The summed E-state index contributed by atoms with van der Waals surface area (Å²) in [5.74, 6) is -1.74. The van der Waals surface area contributed by atoms with E-state index in [9.17, 15) is 19.1 Å². The number of hydrogen-bond donors (Lipinski definition) is 1. The molecular weight excluding hydrogens is 277 g/mol. The number of rotatable bonds is 3. The van der Waals surface area contributed by atoms with E-state index in [2.05, 4.69) is 11.7 Å². The van der Waals surface area contributed by atoms with Crippen LogP contribution in [0.25, 0.3) is 16.6 Å². The van der Waals surface area contributed by atoms with Crippen molar-refractivity contribution in [1.82, 2.24) is 14.2 Å². The van der Waals surface area contributed by atoms with Crippen LogP contribution in [-0.2, 0) is 6.54 Å². The van der Waals surface area contributed by atoms with Gasteiger partial charge in [-0.25, -0.2) is 13.7 Å². The molecule has 0 aliphatic heterocycles. The summed E-state index contributed by atoms with van der Waals surface area (Å²) >= 11 is 0. The molecule has 0 aliphatic carbocycles. The fraction of sp³-hybridized carbons (Fsp3) is 0.0714. The molecule has 0 bridgehead atoms. The monoisotopic (exact) mass is 287 g/mol. The lowest BCUT2D eigenvalue weighted by atomic mass is 10.2. The number of fused-ring (bicyclic) bond motifs is 3. The minimum absolute atomic E-state index is 0.0971. The van der Waals surface area contributed by atoms with E-state index in [1.54, 1.807) is 0 Å². The van der Waals surface area contributed by atoms with Crippen molar-refractivity contribution in [2.75, 3.05) is 0 Å². The lowest BCUT2D eigenvalue weighted by Gasteiger charge is -2.09. The van der Waals surface area contributed by atoms with Crippen LogP contribution in [0.2, 0.25) is 0 Å². The van der Waals surface area contributed by atoms with Gasteiger partial charge in [0.25, 0.3) is 5.56 Å². The summed E-state index contributed by atoms with van der Waals surface area (Å²) < 4.78 is 15.9. The van der Waals surface area contributed by atoms with E-state index >= 15 is 0 Å². The first-order chi connectivity index (χ1) is 10.0. The zero-order valence-electron chi connectivity index (χ0n) is 10.8. The third-order valence-corrected chi connectivity index (χ3v) is 3.20. The Bertz CT molecular complexity index is 955. The quantitative estimate of drug-likeness (QED) is 0.743. The Labute approximate surface area is 117 Å². The van der Waals surface area contributed by atoms with Gasteiger partial charge in [0.1, 0.15) is 11.4 Å². The van der Waals surface area contributed by atoms with E-state index in [-0.39, 0.29) is 23.1 Å². The lowest BCUT2D eigenvalue weighted by Crippen LogP contribution is -2.23. The van der Waals surface area contributed by atoms with Crippen molar-refractivity contribution in [3.63, 3.8) is 0 Å². The highest BCUT2D eigenvalue weighted by atomic mass is 19.1. The fourth-order valence-corrected chi connectivity index (χ4v) is 2.33. The van der Waals surface area contributed by atoms with Crippen LogP contribution in [0.4, 0.5) is 4.39 Å². The summed E-state index contributed by atoms with van der Waals surface area (Å²) in [5, 5.41) is 13.3. The molecule has 2 heterocycles. The Balaban J connectivity index is 2.60. The summed E-state index contributed by atoms with van der Waals surface area (Å²) in [6, 6.07) is 3.70. The van der Waals surface area contributed by atoms with Gasteiger partial charge in [-0.15, -0.1) is 6.58 Å². The number of carboxylic acid groups (broad SMARTS) is 1. The molecule has 3 rings (SSSR count). The third-order valence-electron chi connectivity index (χ3n) is 3.20. The summed E-state index contributed by atoms with van der Waals surface area (Å²) in [7, 11) is 0. The van der Waals surface area contributed by atoms with E-state index in [1.807, 2.05) is 0 Å². The van der Waals surface area contributed by atoms with Gasteiger partial charge in [0, 0.05) is 6.54 Å². The van der Waals surface area contributed by atoms with Crippen molar-refractivity contribution in [2.24, 2.45) is 0 Å². The molecule has 3 aromatic rings. The van der Waals surface area contributed by atoms with Crippen LogP contribution in [0.5, 0.6) is 0 Å². The van der Waals surface area contributed by atoms with E-state index in [0.717, 1.165) is 6.07 Å². The smallest absolute Gasteiger partial charge is 0.341 e. The number of carbonyl (C=O) groups is 1. The second-order valence-electron chi connectivity index (χ2n) is 4.46. The van der Waals surface area contributed by atoms with Gasteiger partial charge in [-0.2, -0.15) is 5.10 Å². The first-order valence-electron chi connectivity index (χ1n) is 6.08. The molecule has 0 saturated carbocycles. The molecule has 0 saturated heterocycles. The predicted molar refractivity (Wildman–Crippen MR) is 74.1 cm³/mol. The Morgan fingerprint density at radius 3 is 2.90 bits per heavy atom. The Kier molecular flexibility index (Phi) is 2.83. The van der Waals surface area contributed by atoms with Gasteiger partial charge in [-0.05, 0) is 18.2 Å². The standard InChI is InChI=1S/C14H10FN3O3/c1-2-5-17-12-10(14(20)21)7-16-18(12)11-4-3-8(15)6-9(11)13(17)19/h2-4,6-7H,1,5H2,(H,20,21). The van der Waals surface area contributed by atoms with Crippen LogP contribution in [0.1, 0.15) is 10.4 Å². The van der Waals surface area contributed by atoms with Gasteiger partial charge in [0.15, 0.2) is 5.65 Å². The molecule has 0 radical (unpaired) electrons. The Morgan fingerprint density at radius 1 is 1.48 bits per heavy atom. The highest BCUT2D eigenvalue weighted by molar-refractivity contribution is 5.96. The second kappa shape index (κ2) is 4.55. The number of halogens is 1. The minimum atomic E-state index is -1.19. The number of aromatic carboxylic acids is 1. The molecule has 21 heavy (non-hydrogen) atoms. The molecule has 2 aromatic heterocycles. The average Bonchev–Trinajstić information content (AvgIpc) is 2.88. The summed E-state index contributed by atoms with van der Waals surface area (Å²) in [4.78, 5) is 23.8. The number of benzene rings is 1. The van der Waals surface area contributed by atoms with Crippen LogP contribution in [0.15, 0.2) is 41.8 Å². The molecule has 0 atom stereocenters. The molecule has 0 aliphatic rings. The van der Waals surface area contributed by atoms with Gasteiger partial charge in [-0.3, -0.25) is 9.36 Å². The van der Waals surface area contributed by atoms with Gasteiger partial charge in [-0.1, -0.05) is 6.08 Å². The van der Waals surface area contributed by atoms with Crippen LogP contribution in [0, 0.1) is 5.82 Å². The SMILES string of the molecule is C=CCn1c(=O)c2cc(F)ccc2n2ncc(C(=O)O)c12. The molecule has 1 N–H and O–H groups in total. The predicted octanol–water partition coefficient (Wildman–Crippen LogP) is 1.67. The average molecular weight is 287 g/mol. The maximum Gasteiger partial charge on any atom is 0.341 e. The number of nitrogens with zero attached hydrogens (tertiary/aromatic N) is 3. The van der Waals surface area contributed by atoms with E-state index in [4.69, 9.17) is 0 Å². The van der Waals surface area contributed by atoms with Crippen LogP contribution in [0.3, 0.4) is 0 Å². The van der Waals surface area contributed by atoms with Gasteiger partial charge in [0.2, 0.25) is 0 Å². The third kappa shape index (κ3) is 1.82. The molecule has 7 heteroatoms. The van der Waals surface area contributed by atoms with Crippen LogP contribution < -0.4 is 5.56 Å². The molecule has 6 nitrogen and oxygen atoms in total. The number of allylic oxidation sites excluding steroid dienone is 1. The number of carboxylic acids is 1. The van der Waals surface area contributed by atoms with Crippen molar-refractivity contribution in [3.05, 3.63) is 58.8 Å². The maximum atomic E-state index is 13.4. The van der Waals surface area contributed by atoms with Crippen molar-refractivity contribution in [3.8, 4) is 0 Å². The first-order valence-corrected chi connectivity index (χ1v) is 6.08. The largest absolute Gasteiger partial charge is 0.477 e. The summed E-state index contributed by atoms with van der Waals surface area (Å²) in [6.07, 6.45) is 2.63. The molecule has 0 amide bonds. The Morgan fingerprint density at radius 2 is 2.24 bits per heavy atom. The van der Waals surface area contributed by atoms with Crippen LogP contribution in [-0.4, -0.2) is 25.3 Å². The number of hydrogen-bond acceptors (Lipinski definition) is 3. The van der Waals surface area contributed by atoms with Crippen molar-refractivity contribution in [2.45, 2.75) is 6.54 Å². The maximum absolute atomic E-state index is 13.4.